The summed E-state index contributed by atoms with van der Waals surface area (Å²) in [5, 5.41) is 4.46. The highest BCUT2D eigenvalue weighted by molar-refractivity contribution is 8.13. The van der Waals surface area contributed by atoms with E-state index in [9.17, 15) is 0 Å². The minimum absolute atomic E-state index is 0.964. The van der Waals surface area contributed by atoms with Gasteiger partial charge in [-0.2, -0.15) is 0 Å². The molecule has 0 spiro atoms. The third-order valence-electron chi connectivity index (χ3n) is 2.99. The van der Waals surface area contributed by atoms with Gasteiger partial charge < -0.3 is 10.2 Å². The zero-order chi connectivity index (χ0) is 10.3. The molecule has 15 heavy (non-hydrogen) atoms. The zero-order valence-electron chi connectivity index (χ0n) is 9.37. The van der Waals surface area contributed by atoms with Gasteiger partial charge in [-0.1, -0.05) is 24.6 Å². The largest absolute Gasteiger partial charge is 0.363 e. The van der Waals surface area contributed by atoms with E-state index in [1.54, 1.807) is 0 Å². The lowest BCUT2D eigenvalue weighted by molar-refractivity contribution is 0.303. The first-order valence-corrected chi connectivity index (χ1v) is 7.07. The van der Waals surface area contributed by atoms with Crippen molar-refractivity contribution < 1.29 is 0 Å². The van der Waals surface area contributed by atoms with Crippen molar-refractivity contribution in [3.8, 4) is 0 Å². The van der Waals surface area contributed by atoms with Crippen LogP contribution in [0.3, 0.4) is 0 Å². The monoisotopic (exact) mass is 227 g/mol. The van der Waals surface area contributed by atoms with Gasteiger partial charge in [-0.3, -0.25) is 4.99 Å². The molecule has 1 saturated heterocycles. The average Bonchev–Trinajstić information content (AvgIpc) is 2.62. The molecular weight excluding hydrogens is 206 g/mol. The number of nitrogens with zero attached hydrogens (tertiary/aromatic N) is 2. The first kappa shape index (κ1) is 11.3. The summed E-state index contributed by atoms with van der Waals surface area (Å²) in [4.78, 5) is 6.99. The Hall–Kier alpha value is -0.220. The lowest BCUT2D eigenvalue weighted by Crippen LogP contribution is -2.28. The molecule has 0 aliphatic carbocycles. The van der Waals surface area contributed by atoms with Gasteiger partial charge >= 0.3 is 0 Å². The molecule has 0 atom stereocenters. The molecule has 1 fully saturated rings. The lowest BCUT2D eigenvalue weighted by Gasteiger charge is -2.19. The summed E-state index contributed by atoms with van der Waals surface area (Å²) in [6, 6.07) is 0. The van der Waals surface area contributed by atoms with Gasteiger partial charge in [0.05, 0.1) is 6.54 Å². The van der Waals surface area contributed by atoms with E-state index in [-0.39, 0.29) is 0 Å². The second-order valence-electron chi connectivity index (χ2n) is 4.22. The summed E-state index contributed by atoms with van der Waals surface area (Å²) in [5.74, 6) is 1.19. The average molecular weight is 227 g/mol. The van der Waals surface area contributed by atoms with Crippen molar-refractivity contribution in [3.05, 3.63) is 0 Å². The van der Waals surface area contributed by atoms with E-state index in [4.69, 9.17) is 0 Å². The van der Waals surface area contributed by atoms with E-state index in [0.717, 1.165) is 18.3 Å². The molecule has 1 N–H and O–H groups in total. The molecule has 0 unspecified atom stereocenters. The van der Waals surface area contributed by atoms with Gasteiger partial charge in [0.15, 0.2) is 5.17 Å². The van der Waals surface area contributed by atoms with Crippen molar-refractivity contribution in [2.45, 2.75) is 25.7 Å². The molecule has 0 aromatic heterocycles. The van der Waals surface area contributed by atoms with Gasteiger partial charge in [0.1, 0.15) is 0 Å². The van der Waals surface area contributed by atoms with E-state index in [1.165, 1.54) is 51.1 Å². The van der Waals surface area contributed by atoms with Crippen LogP contribution in [0.4, 0.5) is 0 Å². The fourth-order valence-corrected chi connectivity index (χ4v) is 3.03. The van der Waals surface area contributed by atoms with Crippen LogP contribution >= 0.6 is 11.8 Å². The van der Waals surface area contributed by atoms with E-state index in [0.29, 0.717) is 0 Å². The van der Waals surface area contributed by atoms with E-state index in [2.05, 4.69) is 15.2 Å². The van der Waals surface area contributed by atoms with Crippen LogP contribution in [0, 0.1) is 0 Å². The fraction of sp³-hybridized carbons (Fsp3) is 0.909. The lowest BCUT2D eigenvalue weighted by atomic mass is 10.2. The van der Waals surface area contributed by atoms with Gasteiger partial charge in [0.25, 0.3) is 0 Å². The Kier molecular flexibility index (Phi) is 4.79. The minimum atomic E-state index is 0.964. The maximum atomic E-state index is 4.39. The zero-order valence-corrected chi connectivity index (χ0v) is 10.2. The van der Waals surface area contributed by atoms with E-state index >= 15 is 0 Å². The highest BCUT2D eigenvalue weighted by atomic mass is 32.2. The maximum absolute atomic E-state index is 4.39. The molecule has 0 radical (unpaired) electrons. The summed E-state index contributed by atoms with van der Waals surface area (Å²) >= 11 is 1.88. The molecule has 0 saturated carbocycles. The summed E-state index contributed by atoms with van der Waals surface area (Å²) in [7, 11) is 0. The Balaban J connectivity index is 1.59. The van der Waals surface area contributed by atoms with Gasteiger partial charge in [0.2, 0.25) is 0 Å². The van der Waals surface area contributed by atoms with Crippen LogP contribution < -0.4 is 5.32 Å². The van der Waals surface area contributed by atoms with Crippen molar-refractivity contribution in [2.24, 2.45) is 4.99 Å². The molecule has 86 valence electrons. The molecule has 2 aliphatic rings. The number of rotatable bonds is 3. The first-order valence-electron chi connectivity index (χ1n) is 6.08. The fourth-order valence-electron chi connectivity index (χ4n) is 2.10. The summed E-state index contributed by atoms with van der Waals surface area (Å²) in [5.41, 5.74) is 0. The number of hydrogen-bond acceptors (Lipinski definition) is 4. The predicted octanol–water partition coefficient (Wildman–Crippen LogP) is 1.55. The highest BCUT2D eigenvalue weighted by Gasteiger charge is 2.10. The van der Waals surface area contributed by atoms with Gasteiger partial charge in [0, 0.05) is 18.8 Å². The molecule has 4 heteroatoms. The maximum Gasteiger partial charge on any atom is 0.156 e. The van der Waals surface area contributed by atoms with Crippen molar-refractivity contribution >= 4 is 16.9 Å². The standard InChI is InChI=1S/C11H21N3S/c1-2-4-8-14(7-3-1)9-10-15-11-12-5-6-13-11/h1-10H2,(H,12,13). The molecule has 2 rings (SSSR count). The molecule has 0 aromatic rings. The summed E-state index contributed by atoms with van der Waals surface area (Å²) < 4.78 is 0. The number of likely N-dealkylation sites (tertiary alicyclic amines) is 1. The Bertz CT molecular complexity index is 210. The van der Waals surface area contributed by atoms with Gasteiger partial charge in [-0.15, -0.1) is 0 Å². The molecule has 3 nitrogen and oxygen atoms in total. The molecule has 0 amide bonds. The number of thioether (sulfide) groups is 1. The molecular formula is C11H21N3S. The van der Waals surface area contributed by atoms with Crippen LogP contribution in [0.25, 0.3) is 0 Å². The Morgan fingerprint density at radius 3 is 2.67 bits per heavy atom. The van der Waals surface area contributed by atoms with Crippen molar-refractivity contribution in [1.29, 1.82) is 0 Å². The first-order chi connectivity index (χ1) is 7.45. The van der Waals surface area contributed by atoms with Crippen LogP contribution in [0.5, 0.6) is 0 Å². The Morgan fingerprint density at radius 2 is 2.00 bits per heavy atom. The Morgan fingerprint density at radius 1 is 1.20 bits per heavy atom. The summed E-state index contributed by atoms with van der Waals surface area (Å²) in [6.45, 7) is 5.84. The smallest absolute Gasteiger partial charge is 0.156 e. The SMILES string of the molecule is C1CCCN(CCSC2=NCCN2)CC1. The minimum Gasteiger partial charge on any atom is -0.363 e. The van der Waals surface area contributed by atoms with E-state index < -0.39 is 0 Å². The number of amidine groups is 1. The van der Waals surface area contributed by atoms with Gasteiger partial charge in [-0.25, -0.2) is 0 Å². The molecule has 2 heterocycles. The van der Waals surface area contributed by atoms with E-state index in [1.807, 2.05) is 11.8 Å². The number of aliphatic imine (C=N–C) groups is 1. The number of hydrogen-bond donors (Lipinski definition) is 1. The normalized spacial score (nSPS) is 23.3. The third-order valence-corrected chi connectivity index (χ3v) is 3.92. The number of nitrogens with one attached hydrogen (secondary N) is 1. The third kappa shape index (κ3) is 4.03. The molecule has 0 bridgehead atoms. The van der Waals surface area contributed by atoms with Crippen LogP contribution in [-0.2, 0) is 0 Å². The Labute approximate surface area is 96.7 Å². The second kappa shape index (κ2) is 6.38. The second-order valence-corrected chi connectivity index (χ2v) is 5.30. The molecule has 0 aromatic carbocycles. The van der Waals surface area contributed by atoms with Crippen LogP contribution in [0.15, 0.2) is 4.99 Å². The molecule has 2 aliphatic heterocycles. The van der Waals surface area contributed by atoms with Crippen LogP contribution in [0.1, 0.15) is 25.7 Å². The van der Waals surface area contributed by atoms with Crippen molar-refractivity contribution in [1.82, 2.24) is 10.2 Å². The topological polar surface area (TPSA) is 27.6 Å². The predicted molar refractivity (Wildman–Crippen MR) is 67.7 cm³/mol. The quantitative estimate of drug-likeness (QED) is 0.793. The van der Waals surface area contributed by atoms with Crippen molar-refractivity contribution in [3.63, 3.8) is 0 Å². The van der Waals surface area contributed by atoms with Crippen LogP contribution in [0.2, 0.25) is 0 Å². The highest BCUT2D eigenvalue weighted by Crippen LogP contribution is 2.11. The van der Waals surface area contributed by atoms with Crippen molar-refractivity contribution in [2.75, 3.05) is 38.5 Å². The van der Waals surface area contributed by atoms with Gasteiger partial charge in [-0.05, 0) is 25.9 Å². The van der Waals surface area contributed by atoms with Crippen LogP contribution in [-0.4, -0.2) is 48.5 Å². The summed E-state index contributed by atoms with van der Waals surface area (Å²) in [6.07, 6.45) is 5.64.